The van der Waals surface area contributed by atoms with Gasteiger partial charge in [0.2, 0.25) is 0 Å². The number of halogens is 3. The van der Waals surface area contributed by atoms with Crippen LogP contribution in [0.25, 0.3) is 10.9 Å². The summed E-state index contributed by atoms with van der Waals surface area (Å²) >= 11 is 0. The Labute approximate surface area is 105 Å². The Hall–Kier alpha value is -0.120. The summed E-state index contributed by atoms with van der Waals surface area (Å²) in [6.45, 7) is 0. The van der Waals surface area contributed by atoms with Gasteiger partial charge in [-0.15, -0.1) is 46.4 Å². The Morgan fingerprint density at radius 2 is 1.46 bits per heavy atom. The Morgan fingerprint density at radius 3 is 2.15 bits per heavy atom. The van der Waals surface area contributed by atoms with Gasteiger partial charge in [-0.3, -0.25) is 4.98 Å². The lowest BCUT2D eigenvalue weighted by Crippen LogP contribution is -1.73. The predicted octanol–water partition coefficient (Wildman–Crippen LogP) is 3.81. The zero-order valence-corrected chi connectivity index (χ0v) is 11.0. The zero-order valence-electron chi connectivity index (χ0n) is 6.71. The second-order valence-electron chi connectivity index (χ2n) is 2.20. The van der Waals surface area contributed by atoms with Crippen molar-refractivity contribution in [2.45, 2.75) is 0 Å². The number of hydrogen-bond acceptors (Lipinski definition) is 1. The standard InChI is InChI=1S/C9H7N.2BrH.ClH/c1-2-6-9-8(4-1)5-3-7-10-9;;;/h1-7H;3*1H. The van der Waals surface area contributed by atoms with Gasteiger partial charge in [-0.1, -0.05) is 24.3 Å². The predicted molar refractivity (Wildman–Crippen MR) is 69.6 cm³/mol. The Morgan fingerprint density at radius 1 is 0.846 bits per heavy atom. The van der Waals surface area contributed by atoms with E-state index >= 15 is 0 Å². The molecular weight excluding hydrogens is 317 g/mol. The molecule has 0 saturated carbocycles. The van der Waals surface area contributed by atoms with Crippen molar-refractivity contribution in [3.8, 4) is 0 Å². The third-order valence-corrected chi connectivity index (χ3v) is 1.51. The van der Waals surface area contributed by atoms with Crippen molar-refractivity contribution in [1.29, 1.82) is 0 Å². The first-order valence-electron chi connectivity index (χ1n) is 3.26. The SMILES string of the molecule is Br.Br.Cl.c1ccc2ncccc2c1. The minimum atomic E-state index is 0. The van der Waals surface area contributed by atoms with E-state index in [4.69, 9.17) is 0 Å². The highest BCUT2D eigenvalue weighted by molar-refractivity contribution is 8.93. The van der Waals surface area contributed by atoms with Gasteiger partial charge in [0.25, 0.3) is 0 Å². The molecule has 1 aromatic carbocycles. The zero-order chi connectivity index (χ0) is 6.81. The Bertz CT molecular complexity index is 289. The van der Waals surface area contributed by atoms with E-state index < -0.39 is 0 Å². The maximum Gasteiger partial charge on any atom is 0.0701 e. The van der Waals surface area contributed by atoms with E-state index in [2.05, 4.69) is 17.1 Å². The Kier molecular flexibility index (Phi) is 8.62. The number of benzene rings is 1. The Balaban J connectivity index is 0. The minimum Gasteiger partial charge on any atom is -0.256 e. The molecule has 0 N–H and O–H groups in total. The molecule has 0 radical (unpaired) electrons. The first kappa shape index (κ1) is 15.4. The van der Waals surface area contributed by atoms with Gasteiger partial charge in [0.1, 0.15) is 0 Å². The van der Waals surface area contributed by atoms with Crippen molar-refractivity contribution in [2.75, 3.05) is 0 Å². The molecule has 0 spiro atoms. The van der Waals surface area contributed by atoms with Crippen LogP contribution in [0.15, 0.2) is 42.6 Å². The number of nitrogens with zero attached hydrogens (tertiary/aromatic N) is 1. The summed E-state index contributed by atoms with van der Waals surface area (Å²) < 4.78 is 0. The topological polar surface area (TPSA) is 12.9 Å². The summed E-state index contributed by atoms with van der Waals surface area (Å²) in [6.07, 6.45) is 1.81. The third-order valence-electron chi connectivity index (χ3n) is 1.51. The highest BCUT2D eigenvalue weighted by Gasteiger charge is 1.86. The highest BCUT2D eigenvalue weighted by Crippen LogP contribution is 2.07. The van der Waals surface area contributed by atoms with Crippen molar-refractivity contribution in [3.05, 3.63) is 42.6 Å². The van der Waals surface area contributed by atoms with Crippen molar-refractivity contribution < 1.29 is 0 Å². The van der Waals surface area contributed by atoms with Crippen molar-refractivity contribution in [1.82, 2.24) is 4.98 Å². The van der Waals surface area contributed by atoms with Crippen molar-refractivity contribution >= 4 is 57.3 Å². The molecule has 13 heavy (non-hydrogen) atoms. The number of hydrogen-bond donors (Lipinski definition) is 0. The van der Waals surface area contributed by atoms with Gasteiger partial charge in [0.05, 0.1) is 5.52 Å². The first-order valence-corrected chi connectivity index (χ1v) is 3.26. The molecule has 0 aliphatic rings. The molecule has 0 bridgehead atoms. The van der Waals surface area contributed by atoms with Gasteiger partial charge in [-0.05, 0) is 12.1 Å². The van der Waals surface area contributed by atoms with Gasteiger partial charge in [-0.2, -0.15) is 0 Å². The van der Waals surface area contributed by atoms with E-state index in [1.807, 2.05) is 30.5 Å². The van der Waals surface area contributed by atoms with Crippen molar-refractivity contribution in [2.24, 2.45) is 0 Å². The molecule has 2 aromatic rings. The molecule has 0 aliphatic carbocycles. The van der Waals surface area contributed by atoms with Crippen LogP contribution in [0.5, 0.6) is 0 Å². The highest BCUT2D eigenvalue weighted by atomic mass is 79.9. The largest absolute Gasteiger partial charge is 0.256 e. The number of rotatable bonds is 0. The van der Waals surface area contributed by atoms with Crippen LogP contribution in [0, 0.1) is 0 Å². The third kappa shape index (κ3) is 3.63. The summed E-state index contributed by atoms with van der Waals surface area (Å²) in [7, 11) is 0. The van der Waals surface area contributed by atoms with Gasteiger partial charge in [-0.25, -0.2) is 0 Å². The van der Waals surface area contributed by atoms with Crippen LogP contribution in [0.3, 0.4) is 0 Å². The average molecular weight is 327 g/mol. The van der Waals surface area contributed by atoms with E-state index in [9.17, 15) is 0 Å². The molecule has 1 heterocycles. The van der Waals surface area contributed by atoms with Crippen LogP contribution in [0.2, 0.25) is 0 Å². The molecule has 72 valence electrons. The summed E-state index contributed by atoms with van der Waals surface area (Å²) in [4.78, 5) is 4.18. The van der Waals surface area contributed by atoms with E-state index in [1.54, 1.807) is 0 Å². The minimum absolute atomic E-state index is 0. The second kappa shape index (κ2) is 7.30. The normalized spacial score (nSPS) is 7.69. The lowest BCUT2D eigenvalue weighted by Gasteiger charge is -1.91. The van der Waals surface area contributed by atoms with Crippen LogP contribution in [-0.4, -0.2) is 4.98 Å². The van der Waals surface area contributed by atoms with E-state index in [1.165, 1.54) is 5.39 Å². The molecular formula is C9H10Br2ClN. The molecule has 2 rings (SSSR count). The molecule has 0 aliphatic heterocycles. The molecule has 1 nitrogen and oxygen atoms in total. The molecule has 0 unspecified atom stereocenters. The van der Waals surface area contributed by atoms with Crippen LogP contribution >= 0.6 is 46.4 Å². The fourth-order valence-corrected chi connectivity index (χ4v) is 1.02. The molecule has 0 amide bonds. The van der Waals surface area contributed by atoms with Gasteiger partial charge >= 0.3 is 0 Å². The van der Waals surface area contributed by atoms with Crippen LogP contribution in [-0.2, 0) is 0 Å². The molecule has 0 atom stereocenters. The number of fused-ring (bicyclic) bond motifs is 1. The first-order chi connectivity index (χ1) is 4.97. The average Bonchev–Trinajstić information content (AvgIpc) is 2.05. The summed E-state index contributed by atoms with van der Waals surface area (Å²) in [5.74, 6) is 0. The monoisotopic (exact) mass is 325 g/mol. The van der Waals surface area contributed by atoms with E-state index in [0.717, 1.165) is 5.52 Å². The summed E-state index contributed by atoms with van der Waals surface area (Å²) in [6, 6.07) is 12.1. The summed E-state index contributed by atoms with van der Waals surface area (Å²) in [5, 5.41) is 1.20. The maximum atomic E-state index is 4.18. The molecule has 4 heteroatoms. The number of aromatic nitrogens is 1. The van der Waals surface area contributed by atoms with Gasteiger partial charge < -0.3 is 0 Å². The second-order valence-corrected chi connectivity index (χ2v) is 2.20. The van der Waals surface area contributed by atoms with E-state index in [-0.39, 0.29) is 46.4 Å². The quantitative estimate of drug-likeness (QED) is 0.717. The van der Waals surface area contributed by atoms with Crippen LogP contribution < -0.4 is 0 Å². The number of pyridine rings is 1. The lowest BCUT2D eigenvalue weighted by molar-refractivity contribution is 1.41. The molecule has 0 saturated heterocycles. The maximum absolute atomic E-state index is 4.18. The molecule has 1 aromatic heterocycles. The van der Waals surface area contributed by atoms with E-state index in [0.29, 0.717) is 0 Å². The van der Waals surface area contributed by atoms with Crippen LogP contribution in [0.1, 0.15) is 0 Å². The fourth-order valence-electron chi connectivity index (χ4n) is 1.02. The van der Waals surface area contributed by atoms with Gasteiger partial charge in [0.15, 0.2) is 0 Å². The molecule has 0 fully saturated rings. The fraction of sp³-hybridized carbons (Fsp3) is 0. The number of para-hydroxylation sites is 1. The van der Waals surface area contributed by atoms with Crippen LogP contribution in [0.4, 0.5) is 0 Å². The van der Waals surface area contributed by atoms with Crippen molar-refractivity contribution in [3.63, 3.8) is 0 Å². The smallest absolute Gasteiger partial charge is 0.0701 e. The lowest BCUT2D eigenvalue weighted by atomic mass is 10.2. The van der Waals surface area contributed by atoms with Gasteiger partial charge in [0, 0.05) is 11.6 Å². The summed E-state index contributed by atoms with van der Waals surface area (Å²) in [5.41, 5.74) is 1.06.